The minimum absolute atomic E-state index is 0.141. The van der Waals surface area contributed by atoms with Gasteiger partial charge in [0.15, 0.2) is 0 Å². The van der Waals surface area contributed by atoms with E-state index in [0.717, 1.165) is 40.4 Å². The van der Waals surface area contributed by atoms with Crippen LogP contribution in [-0.4, -0.2) is 5.11 Å². The third-order valence-electron chi connectivity index (χ3n) is 5.28. The topological polar surface area (TPSA) is 20.2 Å². The molecule has 0 saturated carbocycles. The predicted molar refractivity (Wildman–Crippen MR) is 113 cm³/mol. The molecule has 0 bridgehead atoms. The van der Waals surface area contributed by atoms with Gasteiger partial charge in [-0.2, -0.15) is 0 Å². The summed E-state index contributed by atoms with van der Waals surface area (Å²) in [4.78, 5) is 0. The van der Waals surface area contributed by atoms with Crippen molar-refractivity contribution in [1.82, 2.24) is 0 Å². The first-order valence-corrected chi connectivity index (χ1v) is 10.4. The Morgan fingerprint density at radius 1 is 0.923 bits per heavy atom. The van der Waals surface area contributed by atoms with E-state index >= 15 is 0 Å². The number of rotatable bonds is 5. The lowest BCUT2D eigenvalue weighted by Gasteiger charge is -2.35. The number of phenols is 1. The van der Waals surface area contributed by atoms with Gasteiger partial charge in [-0.1, -0.05) is 73.0 Å². The second-order valence-electron chi connectivity index (χ2n) is 8.36. The van der Waals surface area contributed by atoms with Crippen molar-refractivity contribution in [2.75, 3.05) is 0 Å². The van der Waals surface area contributed by atoms with E-state index in [-0.39, 0.29) is 25.0 Å². The van der Waals surface area contributed by atoms with Gasteiger partial charge in [0, 0.05) is 16.0 Å². The highest BCUT2D eigenvalue weighted by atomic mass is 31.1. The third-order valence-corrected chi connectivity index (χ3v) is 7.41. The largest absolute Gasteiger partial charge is 0.507 e. The molecule has 0 aromatic heterocycles. The van der Waals surface area contributed by atoms with Crippen LogP contribution in [0.15, 0.2) is 30.3 Å². The van der Waals surface area contributed by atoms with E-state index in [9.17, 15) is 9.50 Å². The van der Waals surface area contributed by atoms with E-state index in [1.54, 1.807) is 6.07 Å². The Morgan fingerprint density at radius 3 is 2.00 bits per heavy atom. The highest BCUT2D eigenvalue weighted by Crippen LogP contribution is 2.52. The molecule has 0 aliphatic rings. The van der Waals surface area contributed by atoms with Crippen molar-refractivity contribution in [1.29, 1.82) is 0 Å². The average molecular weight is 374 g/mol. The van der Waals surface area contributed by atoms with E-state index in [2.05, 4.69) is 53.7 Å². The fourth-order valence-corrected chi connectivity index (χ4v) is 5.12. The molecule has 0 amide bonds. The summed E-state index contributed by atoms with van der Waals surface area (Å²) in [6.45, 7) is 14.6. The number of halogens is 1. The molecule has 0 aliphatic heterocycles. The van der Waals surface area contributed by atoms with Gasteiger partial charge in [0.1, 0.15) is 11.6 Å². The van der Waals surface area contributed by atoms with Gasteiger partial charge in [-0.15, -0.1) is 0 Å². The predicted octanol–water partition coefficient (Wildman–Crippen LogP) is 6.46. The molecular formula is C23H32FOP. The van der Waals surface area contributed by atoms with Crippen molar-refractivity contribution >= 4 is 13.9 Å². The summed E-state index contributed by atoms with van der Waals surface area (Å²) in [6, 6.07) is 9.65. The molecule has 0 fully saturated rings. The van der Waals surface area contributed by atoms with Crippen molar-refractivity contribution in [3.8, 4) is 5.75 Å². The van der Waals surface area contributed by atoms with Gasteiger partial charge in [-0.05, 0) is 49.3 Å². The SMILES string of the molecule is CCC(CC)(Pc1ccc(C)cc1F)c1cc(C)cc(C(C)(C)C)c1O. The van der Waals surface area contributed by atoms with E-state index in [1.165, 1.54) is 0 Å². The zero-order valence-corrected chi connectivity index (χ0v) is 18.1. The van der Waals surface area contributed by atoms with Gasteiger partial charge in [-0.25, -0.2) is 4.39 Å². The average Bonchev–Trinajstić information content (AvgIpc) is 2.56. The standard InChI is InChI=1S/C23H32FOP/c1-8-23(9-2,26-20-11-10-15(3)14-19(20)24)18-13-16(4)12-17(21(18)25)22(5,6)7/h10-14,25-26H,8-9H2,1-7H3. The van der Waals surface area contributed by atoms with Crippen LogP contribution in [0.25, 0.3) is 0 Å². The number of aryl methyl sites for hydroxylation is 2. The third kappa shape index (κ3) is 4.12. The molecule has 2 rings (SSSR count). The fraction of sp³-hybridized carbons (Fsp3) is 0.478. The minimum Gasteiger partial charge on any atom is -0.507 e. The van der Waals surface area contributed by atoms with Crippen LogP contribution >= 0.6 is 8.58 Å². The minimum atomic E-state index is -0.258. The fourth-order valence-electron chi connectivity index (χ4n) is 3.57. The maximum atomic E-state index is 14.6. The zero-order valence-electron chi connectivity index (χ0n) is 17.1. The molecular weight excluding hydrogens is 342 g/mol. The Hall–Kier alpha value is -1.40. The quantitative estimate of drug-likeness (QED) is 0.595. The van der Waals surface area contributed by atoms with Crippen molar-refractivity contribution in [3.05, 3.63) is 58.4 Å². The summed E-state index contributed by atoms with van der Waals surface area (Å²) in [5.41, 5.74) is 3.86. The Bertz CT molecular complexity index is 786. The van der Waals surface area contributed by atoms with Gasteiger partial charge in [-0.3, -0.25) is 0 Å². The number of benzene rings is 2. The van der Waals surface area contributed by atoms with Crippen molar-refractivity contribution in [2.45, 2.75) is 71.9 Å². The summed E-state index contributed by atoms with van der Waals surface area (Å²) < 4.78 is 14.6. The van der Waals surface area contributed by atoms with Crippen LogP contribution in [0.1, 0.15) is 69.7 Å². The van der Waals surface area contributed by atoms with E-state index in [4.69, 9.17) is 0 Å². The molecule has 1 nitrogen and oxygen atoms in total. The normalized spacial score (nSPS) is 12.9. The summed E-state index contributed by atoms with van der Waals surface area (Å²) in [5.74, 6) is 0.240. The number of phenolic OH excluding ortho intramolecular Hbond substituents is 1. The second kappa shape index (κ2) is 7.69. The first kappa shape index (κ1) is 20.9. The Balaban J connectivity index is 2.64. The molecule has 26 heavy (non-hydrogen) atoms. The molecule has 3 heteroatoms. The zero-order chi connectivity index (χ0) is 19.7. The first-order valence-electron chi connectivity index (χ1n) is 9.43. The smallest absolute Gasteiger partial charge is 0.130 e. The van der Waals surface area contributed by atoms with Crippen LogP contribution < -0.4 is 5.30 Å². The molecule has 1 N–H and O–H groups in total. The molecule has 0 radical (unpaired) electrons. The number of hydrogen-bond acceptors (Lipinski definition) is 1. The number of aromatic hydroxyl groups is 1. The van der Waals surface area contributed by atoms with E-state index in [1.807, 2.05) is 19.1 Å². The van der Waals surface area contributed by atoms with Gasteiger partial charge in [0.2, 0.25) is 0 Å². The molecule has 0 spiro atoms. The van der Waals surface area contributed by atoms with Crippen LogP contribution in [0.3, 0.4) is 0 Å². The maximum Gasteiger partial charge on any atom is 0.130 e. The highest BCUT2D eigenvalue weighted by Gasteiger charge is 2.35. The van der Waals surface area contributed by atoms with Crippen molar-refractivity contribution in [2.24, 2.45) is 0 Å². The molecule has 142 valence electrons. The van der Waals surface area contributed by atoms with Crippen LogP contribution in [0, 0.1) is 19.7 Å². The van der Waals surface area contributed by atoms with E-state index < -0.39 is 0 Å². The highest BCUT2D eigenvalue weighted by molar-refractivity contribution is 7.48. The van der Waals surface area contributed by atoms with E-state index in [0.29, 0.717) is 5.75 Å². The first-order chi connectivity index (χ1) is 12.0. The van der Waals surface area contributed by atoms with Crippen LogP contribution in [0.4, 0.5) is 4.39 Å². The van der Waals surface area contributed by atoms with Gasteiger partial charge in [0.05, 0.1) is 0 Å². The molecule has 0 heterocycles. The Kier molecular flexibility index (Phi) is 6.18. The monoisotopic (exact) mass is 374 g/mol. The van der Waals surface area contributed by atoms with Crippen LogP contribution in [0.2, 0.25) is 0 Å². The second-order valence-corrected chi connectivity index (χ2v) is 10.1. The maximum absolute atomic E-state index is 14.6. The molecule has 1 atom stereocenters. The molecule has 0 aliphatic carbocycles. The Morgan fingerprint density at radius 2 is 1.50 bits per heavy atom. The number of hydrogen-bond donors (Lipinski definition) is 1. The van der Waals surface area contributed by atoms with Crippen LogP contribution in [0.5, 0.6) is 5.75 Å². The molecule has 2 aromatic rings. The lowest BCUT2D eigenvalue weighted by molar-refractivity contribution is 0.424. The molecule has 2 aromatic carbocycles. The summed E-state index contributed by atoms with van der Waals surface area (Å²) in [7, 11) is 0.276. The van der Waals surface area contributed by atoms with Gasteiger partial charge < -0.3 is 5.11 Å². The summed E-state index contributed by atoms with van der Waals surface area (Å²) in [6.07, 6.45) is 1.71. The van der Waals surface area contributed by atoms with Crippen LogP contribution in [-0.2, 0) is 10.6 Å². The molecule has 0 saturated heterocycles. The van der Waals surface area contributed by atoms with Crippen molar-refractivity contribution < 1.29 is 9.50 Å². The molecule has 1 unspecified atom stereocenters. The summed E-state index contributed by atoms with van der Waals surface area (Å²) in [5, 5.41) is 11.6. The Labute approximate surface area is 159 Å². The summed E-state index contributed by atoms with van der Waals surface area (Å²) >= 11 is 0. The van der Waals surface area contributed by atoms with Crippen molar-refractivity contribution in [3.63, 3.8) is 0 Å². The van der Waals surface area contributed by atoms with Gasteiger partial charge >= 0.3 is 0 Å². The lowest BCUT2D eigenvalue weighted by atomic mass is 9.81. The lowest BCUT2D eigenvalue weighted by Crippen LogP contribution is -2.24. The van der Waals surface area contributed by atoms with Gasteiger partial charge in [0.25, 0.3) is 0 Å².